The van der Waals surface area contributed by atoms with Crippen LogP contribution in [0.25, 0.3) is 0 Å². The Morgan fingerprint density at radius 1 is 1.19 bits per heavy atom. The van der Waals surface area contributed by atoms with Crippen LogP contribution < -0.4 is 5.32 Å². The lowest BCUT2D eigenvalue weighted by Gasteiger charge is -2.03. The van der Waals surface area contributed by atoms with Crippen molar-refractivity contribution < 1.29 is 0 Å². The smallest absolute Gasteiger partial charge is 0.0900 e. The topological polar surface area (TPSA) is 37.8 Å². The molecule has 0 amide bonds. The number of hydrogen-bond acceptors (Lipinski definition) is 4. The van der Waals surface area contributed by atoms with Crippen LogP contribution in [-0.4, -0.2) is 9.97 Å². The Labute approximate surface area is 99.6 Å². The molecule has 2 aromatic heterocycles. The molecule has 2 rings (SSSR count). The van der Waals surface area contributed by atoms with Crippen molar-refractivity contribution in [3.05, 3.63) is 45.7 Å². The molecule has 0 unspecified atom stereocenters. The first-order valence-corrected chi connectivity index (χ1v) is 6.10. The monoisotopic (exact) mass is 233 g/mol. The number of thiazole rings is 1. The van der Waals surface area contributed by atoms with Gasteiger partial charge in [0.25, 0.3) is 0 Å². The van der Waals surface area contributed by atoms with E-state index in [9.17, 15) is 0 Å². The first-order valence-electron chi connectivity index (χ1n) is 5.28. The summed E-state index contributed by atoms with van der Waals surface area (Å²) in [6.45, 7) is 5.87. The van der Waals surface area contributed by atoms with E-state index in [0.29, 0.717) is 0 Å². The fourth-order valence-corrected chi connectivity index (χ4v) is 2.47. The van der Waals surface area contributed by atoms with E-state index < -0.39 is 0 Å². The second-order valence-corrected chi connectivity index (χ2v) is 4.99. The van der Waals surface area contributed by atoms with Gasteiger partial charge in [-0.3, -0.25) is 4.98 Å². The van der Waals surface area contributed by atoms with Crippen molar-refractivity contribution in [3.63, 3.8) is 0 Å². The molecule has 0 aliphatic carbocycles. The van der Waals surface area contributed by atoms with E-state index in [1.807, 2.05) is 31.5 Å². The summed E-state index contributed by atoms with van der Waals surface area (Å²) in [6, 6.07) is 4.05. The summed E-state index contributed by atoms with van der Waals surface area (Å²) in [5, 5.41) is 4.55. The summed E-state index contributed by atoms with van der Waals surface area (Å²) >= 11 is 1.76. The van der Waals surface area contributed by atoms with E-state index in [1.54, 1.807) is 11.3 Å². The van der Waals surface area contributed by atoms with Crippen LogP contribution in [0.2, 0.25) is 0 Å². The molecule has 0 fully saturated rings. The van der Waals surface area contributed by atoms with Gasteiger partial charge < -0.3 is 5.32 Å². The molecule has 0 aromatic carbocycles. The van der Waals surface area contributed by atoms with Crippen molar-refractivity contribution in [2.75, 3.05) is 0 Å². The molecule has 0 bridgehead atoms. The Bertz CT molecular complexity index is 451. The van der Waals surface area contributed by atoms with E-state index >= 15 is 0 Å². The molecule has 2 aromatic rings. The SMILES string of the molecule is Cc1nc(C)c(CNCc2ccncc2)s1. The zero-order valence-electron chi connectivity index (χ0n) is 9.53. The van der Waals surface area contributed by atoms with Crippen molar-refractivity contribution in [1.82, 2.24) is 15.3 Å². The highest BCUT2D eigenvalue weighted by molar-refractivity contribution is 7.11. The number of nitrogens with zero attached hydrogens (tertiary/aromatic N) is 2. The van der Waals surface area contributed by atoms with Gasteiger partial charge in [0.1, 0.15) is 0 Å². The summed E-state index contributed by atoms with van der Waals surface area (Å²) in [7, 11) is 0. The molecular weight excluding hydrogens is 218 g/mol. The molecule has 0 aliphatic rings. The third kappa shape index (κ3) is 2.87. The number of hydrogen-bond donors (Lipinski definition) is 1. The van der Waals surface area contributed by atoms with Gasteiger partial charge in [-0.05, 0) is 31.5 Å². The lowest BCUT2D eigenvalue weighted by molar-refractivity contribution is 0.696. The van der Waals surface area contributed by atoms with Crippen molar-refractivity contribution in [1.29, 1.82) is 0 Å². The van der Waals surface area contributed by atoms with Crippen LogP contribution in [-0.2, 0) is 13.1 Å². The van der Waals surface area contributed by atoms with Crippen molar-refractivity contribution in [2.24, 2.45) is 0 Å². The van der Waals surface area contributed by atoms with E-state index in [0.717, 1.165) is 23.8 Å². The molecule has 0 saturated carbocycles. The summed E-state index contributed by atoms with van der Waals surface area (Å²) in [4.78, 5) is 9.72. The summed E-state index contributed by atoms with van der Waals surface area (Å²) in [5.74, 6) is 0. The lowest BCUT2D eigenvalue weighted by atomic mass is 10.2. The minimum Gasteiger partial charge on any atom is -0.308 e. The molecule has 0 aliphatic heterocycles. The third-order valence-corrected chi connectivity index (χ3v) is 3.44. The summed E-state index contributed by atoms with van der Waals surface area (Å²) in [6.07, 6.45) is 3.64. The molecule has 16 heavy (non-hydrogen) atoms. The second kappa shape index (κ2) is 5.18. The van der Waals surface area contributed by atoms with Gasteiger partial charge in [0, 0.05) is 30.4 Å². The predicted octanol–water partition coefficient (Wildman–Crippen LogP) is 2.44. The number of rotatable bonds is 4. The molecule has 0 atom stereocenters. The first-order chi connectivity index (χ1) is 7.75. The number of nitrogens with one attached hydrogen (secondary N) is 1. The molecule has 0 spiro atoms. The minimum absolute atomic E-state index is 0.874. The van der Waals surface area contributed by atoms with Gasteiger partial charge in [-0.25, -0.2) is 4.98 Å². The van der Waals surface area contributed by atoms with Crippen LogP contribution in [0, 0.1) is 13.8 Å². The highest BCUT2D eigenvalue weighted by atomic mass is 32.1. The van der Waals surface area contributed by atoms with Crippen molar-refractivity contribution in [2.45, 2.75) is 26.9 Å². The molecule has 0 saturated heterocycles. The standard InChI is InChI=1S/C12H15N3S/c1-9-12(16-10(2)15-9)8-14-7-11-3-5-13-6-4-11/h3-6,14H,7-8H2,1-2H3. The molecule has 2 heterocycles. The Kier molecular flexibility index (Phi) is 3.64. The average Bonchev–Trinajstić information content (AvgIpc) is 2.59. The highest BCUT2D eigenvalue weighted by Gasteiger charge is 2.03. The van der Waals surface area contributed by atoms with E-state index in [1.165, 1.54) is 10.4 Å². The number of aromatic nitrogens is 2. The van der Waals surface area contributed by atoms with E-state index in [-0.39, 0.29) is 0 Å². The van der Waals surface area contributed by atoms with E-state index in [2.05, 4.69) is 22.2 Å². The average molecular weight is 233 g/mol. The van der Waals surface area contributed by atoms with Crippen LogP contribution >= 0.6 is 11.3 Å². The fraction of sp³-hybridized carbons (Fsp3) is 0.333. The minimum atomic E-state index is 0.874. The Morgan fingerprint density at radius 2 is 1.94 bits per heavy atom. The predicted molar refractivity (Wildman–Crippen MR) is 66.4 cm³/mol. The molecule has 0 radical (unpaired) electrons. The zero-order valence-corrected chi connectivity index (χ0v) is 10.3. The third-order valence-electron chi connectivity index (χ3n) is 2.36. The summed E-state index contributed by atoms with van der Waals surface area (Å²) in [5.41, 5.74) is 2.40. The molecular formula is C12H15N3S. The van der Waals surface area contributed by atoms with Gasteiger partial charge >= 0.3 is 0 Å². The van der Waals surface area contributed by atoms with Crippen LogP contribution in [0.4, 0.5) is 0 Å². The molecule has 3 nitrogen and oxygen atoms in total. The van der Waals surface area contributed by atoms with Crippen molar-refractivity contribution in [3.8, 4) is 0 Å². The van der Waals surface area contributed by atoms with Gasteiger partial charge in [-0.1, -0.05) is 0 Å². The maximum Gasteiger partial charge on any atom is 0.0900 e. The lowest BCUT2D eigenvalue weighted by Crippen LogP contribution is -2.12. The normalized spacial score (nSPS) is 10.6. The van der Waals surface area contributed by atoms with Gasteiger partial charge in [0.2, 0.25) is 0 Å². The fourth-order valence-electron chi connectivity index (χ4n) is 1.56. The van der Waals surface area contributed by atoms with Crippen LogP contribution in [0.5, 0.6) is 0 Å². The number of pyridine rings is 1. The van der Waals surface area contributed by atoms with Gasteiger partial charge in [-0.2, -0.15) is 0 Å². The van der Waals surface area contributed by atoms with Gasteiger partial charge in [0.15, 0.2) is 0 Å². The Morgan fingerprint density at radius 3 is 2.56 bits per heavy atom. The second-order valence-electron chi connectivity index (χ2n) is 3.70. The van der Waals surface area contributed by atoms with Crippen LogP contribution in [0.1, 0.15) is 21.1 Å². The van der Waals surface area contributed by atoms with Crippen LogP contribution in [0.3, 0.4) is 0 Å². The van der Waals surface area contributed by atoms with Crippen LogP contribution in [0.15, 0.2) is 24.5 Å². The van der Waals surface area contributed by atoms with Gasteiger partial charge in [0.05, 0.1) is 10.7 Å². The first kappa shape index (κ1) is 11.2. The Balaban J connectivity index is 1.87. The highest BCUT2D eigenvalue weighted by Crippen LogP contribution is 2.16. The zero-order chi connectivity index (χ0) is 11.4. The molecule has 1 N–H and O–H groups in total. The maximum absolute atomic E-state index is 4.41. The maximum atomic E-state index is 4.41. The quantitative estimate of drug-likeness (QED) is 0.881. The van der Waals surface area contributed by atoms with Crippen molar-refractivity contribution >= 4 is 11.3 Å². The van der Waals surface area contributed by atoms with E-state index in [4.69, 9.17) is 0 Å². The molecule has 4 heteroatoms. The van der Waals surface area contributed by atoms with Gasteiger partial charge in [-0.15, -0.1) is 11.3 Å². The largest absolute Gasteiger partial charge is 0.308 e. The Hall–Kier alpha value is -1.26. The summed E-state index contributed by atoms with van der Waals surface area (Å²) < 4.78 is 0. The number of aryl methyl sites for hydroxylation is 2. The molecule has 84 valence electrons.